The second-order valence-electron chi connectivity index (χ2n) is 4.96. The number of ether oxygens (including phenoxy) is 1. The summed E-state index contributed by atoms with van der Waals surface area (Å²) in [7, 11) is 1.52. The molecule has 1 N–H and O–H groups in total. The Balaban J connectivity index is 1.78. The van der Waals surface area contributed by atoms with Crippen molar-refractivity contribution in [1.29, 1.82) is 0 Å². The van der Waals surface area contributed by atoms with Gasteiger partial charge in [-0.2, -0.15) is 0 Å². The number of methoxy groups -OCH3 is 1. The van der Waals surface area contributed by atoms with Gasteiger partial charge in [0, 0.05) is 18.4 Å². The van der Waals surface area contributed by atoms with Crippen LogP contribution < -0.4 is 5.32 Å². The van der Waals surface area contributed by atoms with Crippen LogP contribution in [0.5, 0.6) is 0 Å². The SMILES string of the molecule is CO[C@@H](C(=O)Nc1cccc(-c2cnco2)c1)c1ccccc1. The number of nitrogens with one attached hydrogen (secondary N) is 1. The average Bonchev–Trinajstić information content (AvgIpc) is 3.11. The van der Waals surface area contributed by atoms with Gasteiger partial charge in [-0.05, 0) is 17.7 Å². The van der Waals surface area contributed by atoms with Crippen molar-refractivity contribution in [3.8, 4) is 11.3 Å². The lowest BCUT2D eigenvalue weighted by Gasteiger charge is -2.16. The third kappa shape index (κ3) is 3.46. The first kappa shape index (κ1) is 15.0. The molecule has 1 aromatic heterocycles. The molecule has 1 atom stereocenters. The van der Waals surface area contributed by atoms with Crippen LogP contribution in [0, 0.1) is 0 Å². The molecule has 0 radical (unpaired) electrons. The minimum Gasteiger partial charge on any atom is -0.444 e. The van der Waals surface area contributed by atoms with Crippen molar-refractivity contribution in [2.45, 2.75) is 6.10 Å². The number of hydrogen-bond donors (Lipinski definition) is 1. The van der Waals surface area contributed by atoms with Crippen LogP contribution in [-0.2, 0) is 9.53 Å². The van der Waals surface area contributed by atoms with E-state index >= 15 is 0 Å². The second kappa shape index (κ2) is 6.89. The summed E-state index contributed by atoms with van der Waals surface area (Å²) < 4.78 is 10.6. The Bertz CT molecular complexity index is 770. The molecule has 2 aromatic carbocycles. The molecule has 0 spiro atoms. The van der Waals surface area contributed by atoms with Gasteiger partial charge in [0.05, 0.1) is 6.20 Å². The van der Waals surface area contributed by atoms with Crippen molar-refractivity contribution in [1.82, 2.24) is 4.98 Å². The molecule has 0 saturated heterocycles. The Morgan fingerprint density at radius 1 is 1.17 bits per heavy atom. The van der Waals surface area contributed by atoms with Crippen LogP contribution in [0.4, 0.5) is 5.69 Å². The molecular weight excluding hydrogens is 292 g/mol. The molecule has 116 valence electrons. The number of carbonyl (C=O) groups excluding carboxylic acids is 1. The van der Waals surface area contributed by atoms with E-state index in [9.17, 15) is 4.79 Å². The fraction of sp³-hybridized carbons (Fsp3) is 0.111. The van der Waals surface area contributed by atoms with Crippen LogP contribution in [0.2, 0.25) is 0 Å². The third-order valence-electron chi connectivity index (χ3n) is 3.42. The van der Waals surface area contributed by atoms with Crippen molar-refractivity contribution >= 4 is 11.6 Å². The lowest BCUT2D eigenvalue weighted by atomic mass is 10.1. The van der Waals surface area contributed by atoms with Gasteiger partial charge in [0.15, 0.2) is 18.3 Å². The van der Waals surface area contributed by atoms with E-state index in [4.69, 9.17) is 9.15 Å². The number of oxazole rings is 1. The van der Waals surface area contributed by atoms with Crippen LogP contribution in [-0.4, -0.2) is 18.0 Å². The molecule has 0 bridgehead atoms. The molecule has 0 aliphatic carbocycles. The Kier molecular flexibility index (Phi) is 4.49. The van der Waals surface area contributed by atoms with Gasteiger partial charge in [0.2, 0.25) is 0 Å². The molecular formula is C18H16N2O3. The molecule has 0 aliphatic heterocycles. The van der Waals surface area contributed by atoms with Crippen LogP contribution in [0.25, 0.3) is 11.3 Å². The number of hydrogen-bond acceptors (Lipinski definition) is 4. The lowest BCUT2D eigenvalue weighted by molar-refractivity contribution is -0.126. The van der Waals surface area contributed by atoms with Crippen LogP contribution in [0.1, 0.15) is 11.7 Å². The number of benzene rings is 2. The molecule has 3 aromatic rings. The largest absolute Gasteiger partial charge is 0.444 e. The summed E-state index contributed by atoms with van der Waals surface area (Å²) in [6.07, 6.45) is 2.34. The van der Waals surface area contributed by atoms with Gasteiger partial charge < -0.3 is 14.5 Å². The summed E-state index contributed by atoms with van der Waals surface area (Å²) in [6.45, 7) is 0. The molecule has 3 rings (SSSR count). The van der Waals surface area contributed by atoms with Gasteiger partial charge in [-0.1, -0.05) is 42.5 Å². The van der Waals surface area contributed by atoms with Crippen molar-refractivity contribution in [3.63, 3.8) is 0 Å². The van der Waals surface area contributed by atoms with Crippen LogP contribution >= 0.6 is 0 Å². The number of aromatic nitrogens is 1. The maximum absolute atomic E-state index is 12.5. The third-order valence-corrected chi connectivity index (χ3v) is 3.42. The number of anilines is 1. The highest BCUT2D eigenvalue weighted by molar-refractivity contribution is 5.95. The lowest BCUT2D eigenvalue weighted by Crippen LogP contribution is -2.22. The Hall–Kier alpha value is -2.92. The zero-order chi connectivity index (χ0) is 16.1. The van der Waals surface area contributed by atoms with Crippen molar-refractivity contribution in [2.24, 2.45) is 0 Å². The van der Waals surface area contributed by atoms with E-state index in [0.717, 1.165) is 11.1 Å². The molecule has 1 amide bonds. The quantitative estimate of drug-likeness (QED) is 0.781. The van der Waals surface area contributed by atoms with Crippen LogP contribution in [0.15, 0.2) is 71.6 Å². The average molecular weight is 308 g/mol. The maximum atomic E-state index is 12.5. The van der Waals surface area contributed by atoms with Gasteiger partial charge in [0.25, 0.3) is 5.91 Å². The van der Waals surface area contributed by atoms with Gasteiger partial charge in [-0.3, -0.25) is 4.79 Å². The molecule has 1 heterocycles. The Morgan fingerprint density at radius 3 is 2.70 bits per heavy atom. The van der Waals surface area contributed by atoms with E-state index in [2.05, 4.69) is 10.3 Å². The number of amides is 1. The van der Waals surface area contributed by atoms with E-state index in [1.54, 1.807) is 6.20 Å². The Morgan fingerprint density at radius 2 is 2.00 bits per heavy atom. The first-order valence-electron chi connectivity index (χ1n) is 7.15. The zero-order valence-electron chi connectivity index (χ0n) is 12.6. The Labute approximate surface area is 133 Å². The van der Waals surface area contributed by atoms with E-state index in [0.29, 0.717) is 11.4 Å². The highest BCUT2D eigenvalue weighted by Gasteiger charge is 2.20. The fourth-order valence-corrected chi connectivity index (χ4v) is 2.34. The predicted molar refractivity (Wildman–Crippen MR) is 86.8 cm³/mol. The summed E-state index contributed by atoms with van der Waals surface area (Å²) in [4.78, 5) is 16.4. The fourth-order valence-electron chi connectivity index (χ4n) is 2.34. The summed E-state index contributed by atoms with van der Waals surface area (Å²) in [5.41, 5.74) is 2.31. The monoisotopic (exact) mass is 308 g/mol. The minimum atomic E-state index is -0.662. The summed E-state index contributed by atoms with van der Waals surface area (Å²) in [5.74, 6) is 0.417. The topological polar surface area (TPSA) is 64.4 Å². The zero-order valence-corrected chi connectivity index (χ0v) is 12.6. The van der Waals surface area contributed by atoms with Gasteiger partial charge in [0.1, 0.15) is 0 Å². The molecule has 5 nitrogen and oxygen atoms in total. The predicted octanol–water partition coefficient (Wildman–Crippen LogP) is 3.67. The highest BCUT2D eigenvalue weighted by Crippen LogP contribution is 2.24. The minimum absolute atomic E-state index is 0.228. The van der Waals surface area contributed by atoms with Gasteiger partial charge in [-0.25, -0.2) is 4.98 Å². The van der Waals surface area contributed by atoms with E-state index in [1.165, 1.54) is 13.5 Å². The number of nitrogens with zero attached hydrogens (tertiary/aromatic N) is 1. The van der Waals surface area contributed by atoms with E-state index < -0.39 is 6.10 Å². The molecule has 5 heteroatoms. The highest BCUT2D eigenvalue weighted by atomic mass is 16.5. The number of rotatable bonds is 5. The molecule has 0 fully saturated rings. The maximum Gasteiger partial charge on any atom is 0.258 e. The van der Waals surface area contributed by atoms with E-state index in [-0.39, 0.29) is 5.91 Å². The number of carbonyl (C=O) groups is 1. The first-order valence-corrected chi connectivity index (χ1v) is 7.15. The molecule has 23 heavy (non-hydrogen) atoms. The standard InChI is InChI=1S/C18H16N2O3/c1-22-17(13-6-3-2-4-7-13)18(21)20-15-9-5-8-14(10-15)16-11-19-12-23-16/h2-12,17H,1H3,(H,20,21)/t17-/m1/s1. The summed E-state index contributed by atoms with van der Waals surface area (Å²) >= 11 is 0. The van der Waals surface area contributed by atoms with Crippen molar-refractivity contribution in [3.05, 3.63) is 72.8 Å². The van der Waals surface area contributed by atoms with Crippen molar-refractivity contribution < 1.29 is 13.9 Å². The second-order valence-corrected chi connectivity index (χ2v) is 4.96. The smallest absolute Gasteiger partial charge is 0.258 e. The van der Waals surface area contributed by atoms with Crippen LogP contribution in [0.3, 0.4) is 0 Å². The molecule has 0 unspecified atom stereocenters. The van der Waals surface area contributed by atoms with Crippen molar-refractivity contribution in [2.75, 3.05) is 12.4 Å². The van der Waals surface area contributed by atoms with Gasteiger partial charge in [-0.15, -0.1) is 0 Å². The molecule has 0 aliphatic rings. The first-order chi connectivity index (χ1) is 11.3. The van der Waals surface area contributed by atoms with E-state index in [1.807, 2.05) is 54.6 Å². The normalized spacial score (nSPS) is 11.9. The summed E-state index contributed by atoms with van der Waals surface area (Å²) in [5, 5.41) is 2.87. The summed E-state index contributed by atoms with van der Waals surface area (Å²) in [6, 6.07) is 16.7. The molecule has 0 saturated carbocycles. The van der Waals surface area contributed by atoms with Gasteiger partial charge >= 0.3 is 0 Å².